The lowest BCUT2D eigenvalue weighted by Gasteiger charge is -2.19. The number of carbonyl (C=O) groups excluding carboxylic acids is 2. The van der Waals surface area contributed by atoms with E-state index in [1.807, 2.05) is 0 Å². The third-order valence-corrected chi connectivity index (χ3v) is 3.49. The molecule has 19 heavy (non-hydrogen) atoms. The second-order valence-corrected chi connectivity index (χ2v) is 4.93. The maximum atomic E-state index is 11.5. The van der Waals surface area contributed by atoms with Crippen LogP contribution >= 0.6 is 0 Å². The standard InChI is InChI=1S/C12H20N2O5/c1-7-3-4-9(8(7)2)13-12(18)14-10(15)5-19-6-11(16)17/h7-9H,3-6H2,1-2H3,(H,16,17)(H2,13,14,15,18). The predicted molar refractivity (Wildman–Crippen MR) is 66.5 cm³/mol. The van der Waals surface area contributed by atoms with Crippen LogP contribution in [0, 0.1) is 11.8 Å². The molecule has 1 fully saturated rings. The fraction of sp³-hybridized carbons (Fsp3) is 0.750. The molecule has 0 heterocycles. The van der Waals surface area contributed by atoms with Crippen molar-refractivity contribution in [1.29, 1.82) is 0 Å². The quantitative estimate of drug-likeness (QED) is 0.669. The normalized spacial score (nSPS) is 25.9. The van der Waals surface area contributed by atoms with E-state index in [1.54, 1.807) is 0 Å². The zero-order valence-electron chi connectivity index (χ0n) is 11.1. The molecule has 0 bridgehead atoms. The number of carbonyl (C=O) groups is 3. The van der Waals surface area contributed by atoms with Crippen LogP contribution in [0.2, 0.25) is 0 Å². The highest BCUT2D eigenvalue weighted by Crippen LogP contribution is 2.30. The Bertz CT molecular complexity index is 358. The summed E-state index contributed by atoms with van der Waals surface area (Å²) in [5.41, 5.74) is 0. The first-order valence-electron chi connectivity index (χ1n) is 6.30. The van der Waals surface area contributed by atoms with E-state index in [4.69, 9.17) is 5.11 Å². The van der Waals surface area contributed by atoms with Crippen LogP contribution in [0.1, 0.15) is 26.7 Å². The molecule has 3 N–H and O–H groups in total. The highest BCUT2D eigenvalue weighted by molar-refractivity contribution is 5.95. The molecule has 7 heteroatoms. The zero-order chi connectivity index (χ0) is 14.4. The summed E-state index contributed by atoms with van der Waals surface area (Å²) in [6.07, 6.45) is 1.96. The first kappa shape index (κ1) is 15.4. The molecule has 3 atom stereocenters. The summed E-state index contributed by atoms with van der Waals surface area (Å²) >= 11 is 0. The van der Waals surface area contributed by atoms with Crippen molar-refractivity contribution in [3.05, 3.63) is 0 Å². The molecule has 108 valence electrons. The van der Waals surface area contributed by atoms with E-state index >= 15 is 0 Å². The number of amides is 3. The molecule has 7 nitrogen and oxygen atoms in total. The minimum Gasteiger partial charge on any atom is -0.480 e. The summed E-state index contributed by atoms with van der Waals surface area (Å²) in [6.45, 7) is 3.19. The summed E-state index contributed by atoms with van der Waals surface area (Å²) in [6, 6.07) is -0.488. The summed E-state index contributed by atoms with van der Waals surface area (Å²) in [5.74, 6) is -0.882. The topological polar surface area (TPSA) is 105 Å². The van der Waals surface area contributed by atoms with Crippen LogP contribution in [0.3, 0.4) is 0 Å². The summed E-state index contributed by atoms with van der Waals surface area (Å²) in [7, 11) is 0. The van der Waals surface area contributed by atoms with E-state index in [9.17, 15) is 14.4 Å². The Morgan fingerprint density at radius 3 is 2.42 bits per heavy atom. The van der Waals surface area contributed by atoms with Crippen molar-refractivity contribution in [2.75, 3.05) is 13.2 Å². The van der Waals surface area contributed by atoms with E-state index in [-0.39, 0.29) is 6.04 Å². The van der Waals surface area contributed by atoms with Crippen LogP contribution < -0.4 is 10.6 Å². The van der Waals surface area contributed by atoms with Crippen molar-refractivity contribution >= 4 is 17.9 Å². The Balaban J connectivity index is 2.23. The molecule has 3 unspecified atom stereocenters. The number of imide groups is 1. The molecule has 0 aliphatic heterocycles. The van der Waals surface area contributed by atoms with Gasteiger partial charge in [0.25, 0.3) is 5.91 Å². The number of hydrogen-bond acceptors (Lipinski definition) is 4. The SMILES string of the molecule is CC1CCC(NC(=O)NC(=O)COCC(=O)O)C1C. The number of rotatable bonds is 5. The van der Waals surface area contributed by atoms with Crippen LogP contribution in [-0.4, -0.2) is 42.3 Å². The van der Waals surface area contributed by atoms with Crippen LogP contribution in [0.25, 0.3) is 0 Å². The Labute approximate surface area is 111 Å². The minimum atomic E-state index is -1.16. The second-order valence-electron chi connectivity index (χ2n) is 4.93. The van der Waals surface area contributed by atoms with E-state index in [1.165, 1.54) is 0 Å². The molecule has 0 radical (unpaired) electrons. The van der Waals surface area contributed by atoms with Gasteiger partial charge >= 0.3 is 12.0 Å². The number of aliphatic carboxylic acids is 1. The molecule has 0 spiro atoms. The first-order chi connectivity index (χ1) is 8.90. The number of urea groups is 1. The molecule has 0 aromatic rings. The van der Waals surface area contributed by atoms with E-state index in [2.05, 4.69) is 29.2 Å². The largest absolute Gasteiger partial charge is 0.480 e. The van der Waals surface area contributed by atoms with Gasteiger partial charge < -0.3 is 15.2 Å². The van der Waals surface area contributed by atoms with E-state index in [0.717, 1.165) is 12.8 Å². The number of ether oxygens (including phenoxy) is 1. The number of carboxylic acid groups (broad SMARTS) is 1. The van der Waals surface area contributed by atoms with Gasteiger partial charge in [0, 0.05) is 6.04 Å². The Kier molecular flexibility index (Phi) is 5.75. The molecule has 1 aliphatic rings. The Hall–Kier alpha value is -1.63. The van der Waals surface area contributed by atoms with Crippen LogP contribution in [0.4, 0.5) is 4.79 Å². The monoisotopic (exact) mass is 272 g/mol. The smallest absolute Gasteiger partial charge is 0.329 e. The van der Waals surface area contributed by atoms with Gasteiger partial charge in [-0.2, -0.15) is 0 Å². The second kappa shape index (κ2) is 7.08. The molecular formula is C12H20N2O5. The average molecular weight is 272 g/mol. The lowest BCUT2D eigenvalue weighted by molar-refractivity contribution is -0.143. The van der Waals surface area contributed by atoms with Gasteiger partial charge in [0.2, 0.25) is 0 Å². The van der Waals surface area contributed by atoms with Crippen molar-refractivity contribution in [3.8, 4) is 0 Å². The maximum absolute atomic E-state index is 11.5. The fourth-order valence-corrected chi connectivity index (χ4v) is 2.17. The summed E-state index contributed by atoms with van der Waals surface area (Å²) in [4.78, 5) is 33.0. The Morgan fingerprint density at radius 1 is 1.21 bits per heavy atom. The van der Waals surface area contributed by atoms with Gasteiger partial charge in [-0.25, -0.2) is 9.59 Å². The van der Waals surface area contributed by atoms with Crippen LogP contribution in [-0.2, 0) is 14.3 Å². The molecule has 1 aliphatic carbocycles. The Morgan fingerprint density at radius 2 is 1.89 bits per heavy atom. The molecule has 0 saturated heterocycles. The first-order valence-corrected chi connectivity index (χ1v) is 6.30. The van der Waals surface area contributed by atoms with E-state index < -0.39 is 31.1 Å². The third kappa shape index (κ3) is 5.25. The van der Waals surface area contributed by atoms with Gasteiger partial charge in [0.15, 0.2) is 0 Å². The van der Waals surface area contributed by atoms with Gasteiger partial charge in [-0.15, -0.1) is 0 Å². The van der Waals surface area contributed by atoms with Crippen molar-refractivity contribution in [2.24, 2.45) is 11.8 Å². The van der Waals surface area contributed by atoms with Crippen molar-refractivity contribution in [3.63, 3.8) is 0 Å². The minimum absolute atomic E-state index is 0.0720. The maximum Gasteiger partial charge on any atom is 0.329 e. The molecular weight excluding hydrogens is 252 g/mol. The summed E-state index contributed by atoms with van der Waals surface area (Å²) in [5, 5.41) is 13.2. The molecule has 0 aromatic carbocycles. The highest BCUT2D eigenvalue weighted by atomic mass is 16.5. The van der Waals surface area contributed by atoms with Crippen molar-refractivity contribution < 1.29 is 24.2 Å². The molecule has 3 amide bonds. The fourth-order valence-electron chi connectivity index (χ4n) is 2.17. The number of hydrogen-bond donors (Lipinski definition) is 3. The van der Waals surface area contributed by atoms with Gasteiger partial charge in [-0.1, -0.05) is 13.8 Å². The van der Waals surface area contributed by atoms with Gasteiger partial charge in [-0.05, 0) is 24.7 Å². The van der Waals surface area contributed by atoms with Crippen LogP contribution in [0.5, 0.6) is 0 Å². The van der Waals surface area contributed by atoms with E-state index in [0.29, 0.717) is 11.8 Å². The van der Waals surface area contributed by atoms with Gasteiger partial charge in [0.05, 0.1) is 0 Å². The van der Waals surface area contributed by atoms with Crippen molar-refractivity contribution in [1.82, 2.24) is 10.6 Å². The van der Waals surface area contributed by atoms with Gasteiger partial charge in [-0.3, -0.25) is 10.1 Å². The third-order valence-electron chi connectivity index (χ3n) is 3.49. The predicted octanol–water partition coefficient (Wildman–Crippen LogP) is 0.348. The molecule has 1 saturated carbocycles. The van der Waals surface area contributed by atoms with Crippen molar-refractivity contribution in [2.45, 2.75) is 32.7 Å². The molecule has 1 rings (SSSR count). The lowest BCUT2D eigenvalue weighted by Crippen LogP contribution is -2.46. The number of nitrogens with one attached hydrogen (secondary N) is 2. The van der Waals surface area contributed by atoms with Gasteiger partial charge in [0.1, 0.15) is 13.2 Å². The molecule has 0 aromatic heterocycles. The lowest BCUT2D eigenvalue weighted by atomic mass is 9.98. The zero-order valence-corrected chi connectivity index (χ0v) is 11.1. The average Bonchev–Trinajstić information content (AvgIpc) is 2.60. The van der Waals surface area contributed by atoms with Crippen LogP contribution in [0.15, 0.2) is 0 Å². The highest BCUT2D eigenvalue weighted by Gasteiger charge is 2.30. The number of carboxylic acids is 1. The summed E-state index contributed by atoms with van der Waals surface area (Å²) < 4.78 is 4.57.